The Hall–Kier alpha value is -0.613. The lowest BCUT2D eigenvalue weighted by atomic mass is 10.1. The van der Waals surface area contributed by atoms with Gasteiger partial charge in [0, 0.05) is 0 Å². The molecule has 2 atom stereocenters. The molecule has 0 amide bonds. The fraction of sp³-hybridized carbons (Fsp3) is 0.769. The second-order valence-corrected chi connectivity index (χ2v) is 10.6. The lowest BCUT2D eigenvalue weighted by Crippen LogP contribution is -2.46. The molecule has 3 nitrogen and oxygen atoms in total. The van der Waals surface area contributed by atoms with Gasteiger partial charge in [-0.25, -0.2) is 0 Å². The highest BCUT2D eigenvalue weighted by Gasteiger charge is 2.40. The Morgan fingerprint density at radius 1 is 1.35 bits per heavy atom. The number of rotatable bonds is 5. The van der Waals surface area contributed by atoms with Gasteiger partial charge in [0.1, 0.15) is 0 Å². The van der Waals surface area contributed by atoms with Crippen LogP contribution >= 0.6 is 0 Å². The van der Waals surface area contributed by atoms with Gasteiger partial charge in [0.15, 0.2) is 8.32 Å². The van der Waals surface area contributed by atoms with E-state index in [9.17, 15) is 4.79 Å². The molecule has 0 saturated heterocycles. The quantitative estimate of drug-likeness (QED) is 0.431. The molecule has 0 spiro atoms. The molecular weight excluding hydrogens is 232 g/mol. The monoisotopic (exact) mass is 258 g/mol. The van der Waals surface area contributed by atoms with E-state index >= 15 is 0 Å². The molecule has 0 aromatic heterocycles. The molecule has 0 aromatic carbocycles. The zero-order valence-electron chi connectivity index (χ0n) is 12.2. The SMILES string of the molecule is C=C[C@@H](O[Si](C)(C)C(C)(C)C)[C@H](C)C(=O)OC. The smallest absolute Gasteiger partial charge is 0.311 e. The molecule has 100 valence electrons. The summed E-state index contributed by atoms with van der Waals surface area (Å²) in [5.41, 5.74) is 0. The molecule has 0 radical (unpaired) electrons. The third kappa shape index (κ3) is 4.28. The molecule has 0 aromatic rings. The Bertz CT molecular complexity index is 279. The molecule has 0 aliphatic rings. The molecule has 0 bridgehead atoms. The molecule has 0 aliphatic carbocycles. The summed E-state index contributed by atoms with van der Waals surface area (Å²) in [7, 11) is -0.495. The standard InChI is InChI=1S/C13H26O3Si/c1-9-11(10(2)12(14)15-6)16-17(7,8)13(3,4)5/h9-11H,1H2,2-8H3/t10-,11+/m0/s1. The van der Waals surface area contributed by atoms with Crippen molar-refractivity contribution in [1.82, 2.24) is 0 Å². The number of ether oxygens (including phenoxy) is 1. The van der Waals surface area contributed by atoms with E-state index in [2.05, 4.69) is 40.4 Å². The molecule has 17 heavy (non-hydrogen) atoms. The average Bonchev–Trinajstić information content (AvgIpc) is 2.22. The van der Waals surface area contributed by atoms with Gasteiger partial charge >= 0.3 is 5.97 Å². The van der Waals surface area contributed by atoms with Crippen LogP contribution in [0.25, 0.3) is 0 Å². The first kappa shape index (κ1) is 16.4. The van der Waals surface area contributed by atoms with E-state index in [1.165, 1.54) is 7.11 Å². The maximum absolute atomic E-state index is 11.5. The van der Waals surface area contributed by atoms with Crippen molar-refractivity contribution in [2.24, 2.45) is 5.92 Å². The molecule has 0 aliphatic heterocycles. The van der Waals surface area contributed by atoms with Crippen LogP contribution in [0.4, 0.5) is 0 Å². The number of carbonyl (C=O) groups is 1. The van der Waals surface area contributed by atoms with Gasteiger partial charge in [0.25, 0.3) is 0 Å². The second-order valence-electron chi connectivity index (χ2n) is 5.89. The van der Waals surface area contributed by atoms with Gasteiger partial charge < -0.3 is 9.16 Å². The first-order valence-electron chi connectivity index (χ1n) is 5.95. The molecule has 0 heterocycles. The van der Waals surface area contributed by atoms with E-state index in [4.69, 9.17) is 9.16 Å². The van der Waals surface area contributed by atoms with Crippen LogP contribution in [0.3, 0.4) is 0 Å². The summed E-state index contributed by atoms with van der Waals surface area (Å²) < 4.78 is 10.9. The Morgan fingerprint density at radius 2 is 1.82 bits per heavy atom. The van der Waals surface area contributed by atoms with Crippen molar-refractivity contribution in [2.75, 3.05) is 7.11 Å². The van der Waals surface area contributed by atoms with Crippen LogP contribution in [0.1, 0.15) is 27.7 Å². The minimum atomic E-state index is -1.89. The van der Waals surface area contributed by atoms with Crippen LogP contribution in [0.2, 0.25) is 18.1 Å². The molecule has 0 saturated carbocycles. The van der Waals surface area contributed by atoms with E-state index in [0.29, 0.717) is 0 Å². The highest BCUT2D eigenvalue weighted by molar-refractivity contribution is 6.74. The van der Waals surface area contributed by atoms with Crippen molar-refractivity contribution in [3.8, 4) is 0 Å². The summed E-state index contributed by atoms with van der Waals surface area (Å²) in [6.45, 7) is 16.4. The normalized spacial score (nSPS) is 16.2. The highest BCUT2D eigenvalue weighted by atomic mass is 28.4. The molecule has 0 fully saturated rings. The van der Waals surface area contributed by atoms with Gasteiger partial charge in [-0.3, -0.25) is 4.79 Å². The zero-order valence-corrected chi connectivity index (χ0v) is 13.2. The van der Waals surface area contributed by atoms with Gasteiger partial charge in [0.2, 0.25) is 0 Å². The van der Waals surface area contributed by atoms with Gasteiger partial charge in [-0.15, -0.1) is 6.58 Å². The van der Waals surface area contributed by atoms with Crippen LogP contribution in [0.5, 0.6) is 0 Å². The Labute approximate surface area is 106 Å². The molecule has 4 heteroatoms. The van der Waals surface area contributed by atoms with Crippen molar-refractivity contribution < 1.29 is 14.0 Å². The van der Waals surface area contributed by atoms with Gasteiger partial charge in [-0.2, -0.15) is 0 Å². The minimum absolute atomic E-state index is 0.115. The number of esters is 1. The van der Waals surface area contributed by atoms with E-state index in [-0.39, 0.29) is 23.0 Å². The van der Waals surface area contributed by atoms with Gasteiger partial charge in [-0.1, -0.05) is 26.8 Å². The maximum Gasteiger partial charge on any atom is 0.311 e. The van der Waals surface area contributed by atoms with Crippen LogP contribution in [0.15, 0.2) is 12.7 Å². The van der Waals surface area contributed by atoms with Crippen molar-refractivity contribution in [2.45, 2.75) is 51.9 Å². The van der Waals surface area contributed by atoms with E-state index < -0.39 is 8.32 Å². The first-order chi connectivity index (χ1) is 7.56. The maximum atomic E-state index is 11.5. The molecule has 0 rings (SSSR count). The van der Waals surface area contributed by atoms with Crippen LogP contribution in [-0.2, 0) is 14.0 Å². The van der Waals surface area contributed by atoms with Gasteiger partial charge in [0.05, 0.1) is 19.1 Å². The lowest BCUT2D eigenvalue weighted by molar-refractivity contribution is -0.147. The molecular formula is C13H26O3Si. The summed E-state index contributed by atoms with van der Waals surface area (Å²) in [6.07, 6.45) is 1.42. The van der Waals surface area contributed by atoms with Crippen molar-refractivity contribution in [1.29, 1.82) is 0 Å². The highest BCUT2D eigenvalue weighted by Crippen LogP contribution is 2.38. The third-order valence-corrected chi connectivity index (χ3v) is 8.01. The number of methoxy groups -OCH3 is 1. The van der Waals surface area contributed by atoms with Gasteiger partial charge in [-0.05, 0) is 25.1 Å². The van der Waals surface area contributed by atoms with Crippen molar-refractivity contribution >= 4 is 14.3 Å². The summed E-state index contributed by atoms with van der Waals surface area (Å²) in [5, 5.41) is 0.115. The topological polar surface area (TPSA) is 35.5 Å². The molecule has 0 N–H and O–H groups in total. The van der Waals surface area contributed by atoms with Crippen molar-refractivity contribution in [3.05, 3.63) is 12.7 Å². The summed E-state index contributed by atoms with van der Waals surface area (Å²) >= 11 is 0. The minimum Gasteiger partial charge on any atom is -0.469 e. The van der Waals surface area contributed by atoms with E-state index in [0.717, 1.165) is 0 Å². The number of carbonyl (C=O) groups excluding carboxylic acids is 1. The predicted molar refractivity (Wildman–Crippen MR) is 73.4 cm³/mol. The van der Waals surface area contributed by atoms with Crippen LogP contribution in [0, 0.1) is 5.92 Å². The van der Waals surface area contributed by atoms with E-state index in [1.54, 1.807) is 6.08 Å². The summed E-state index contributed by atoms with van der Waals surface area (Å²) in [6, 6.07) is 0. The van der Waals surface area contributed by atoms with Crippen molar-refractivity contribution in [3.63, 3.8) is 0 Å². The summed E-state index contributed by atoms with van der Waals surface area (Å²) in [5.74, 6) is -0.569. The average molecular weight is 258 g/mol. The van der Waals surface area contributed by atoms with Crippen LogP contribution < -0.4 is 0 Å². The largest absolute Gasteiger partial charge is 0.469 e. The Kier molecular flexibility index (Phi) is 5.61. The third-order valence-electron chi connectivity index (χ3n) is 3.53. The van der Waals surface area contributed by atoms with Crippen LogP contribution in [-0.4, -0.2) is 27.5 Å². The predicted octanol–water partition coefficient (Wildman–Crippen LogP) is 3.37. The fourth-order valence-corrected chi connectivity index (χ4v) is 2.53. The number of hydrogen-bond donors (Lipinski definition) is 0. The van der Waals surface area contributed by atoms with E-state index in [1.807, 2.05) is 6.92 Å². The molecule has 0 unspecified atom stereocenters. The Balaban J connectivity index is 4.83. The second kappa shape index (κ2) is 5.82. The zero-order chi connectivity index (χ0) is 13.9. The number of hydrogen-bond acceptors (Lipinski definition) is 3. The Morgan fingerprint density at radius 3 is 2.12 bits per heavy atom. The fourth-order valence-electron chi connectivity index (χ4n) is 1.19. The first-order valence-corrected chi connectivity index (χ1v) is 8.86. The lowest BCUT2D eigenvalue weighted by Gasteiger charge is -2.39. The summed E-state index contributed by atoms with van der Waals surface area (Å²) in [4.78, 5) is 11.5.